The average Bonchev–Trinajstić information content (AvgIpc) is 3.68. The van der Waals surface area contributed by atoms with E-state index < -0.39 is 28.7 Å². The molecular weight excluding hydrogens is 627 g/mol. The van der Waals surface area contributed by atoms with Crippen LogP contribution in [0.25, 0.3) is 0 Å². The van der Waals surface area contributed by atoms with Crippen molar-refractivity contribution < 1.29 is 36.2 Å². The minimum absolute atomic E-state index is 0.0835. The molecule has 3 aromatic rings. The molecule has 14 heteroatoms. The summed E-state index contributed by atoms with van der Waals surface area (Å²) < 4.78 is 68.3. The average molecular weight is 657 g/mol. The van der Waals surface area contributed by atoms with Crippen LogP contribution >= 0.6 is 23.2 Å². The van der Waals surface area contributed by atoms with Crippen molar-refractivity contribution in [1.82, 2.24) is 4.98 Å². The van der Waals surface area contributed by atoms with Crippen molar-refractivity contribution in [3.63, 3.8) is 0 Å². The molecule has 0 spiro atoms. The molecule has 0 saturated heterocycles. The monoisotopic (exact) mass is 655 g/mol. The lowest BCUT2D eigenvalue weighted by atomic mass is 10.0. The van der Waals surface area contributed by atoms with Crippen molar-refractivity contribution in [3.05, 3.63) is 75.5 Å². The summed E-state index contributed by atoms with van der Waals surface area (Å²) in [4.78, 5) is 19.2. The lowest BCUT2D eigenvalue weighted by Gasteiger charge is -2.24. The topological polar surface area (TPSA) is 107 Å². The number of carbonyl (C=O) groups excluding carboxylic acids is 1. The smallest absolute Gasteiger partial charge is 0.387 e. The van der Waals surface area contributed by atoms with Crippen molar-refractivity contribution >= 4 is 50.6 Å². The van der Waals surface area contributed by atoms with Crippen molar-refractivity contribution in [2.24, 2.45) is 5.92 Å². The fraction of sp³-hybridized carbons (Fsp3) is 0.379. The molecular formula is C29H29Cl2F2N3O6S. The molecule has 230 valence electrons. The van der Waals surface area contributed by atoms with Gasteiger partial charge in [0.25, 0.3) is 0 Å². The number of nitrogens with one attached hydrogen (secondary N) is 1. The van der Waals surface area contributed by atoms with Gasteiger partial charge >= 0.3 is 12.6 Å². The zero-order valence-electron chi connectivity index (χ0n) is 23.1. The highest BCUT2D eigenvalue weighted by Gasteiger charge is 2.28. The Labute approximate surface area is 258 Å². The van der Waals surface area contributed by atoms with Gasteiger partial charge in [0, 0.05) is 36.7 Å². The van der Waals surface area contributed by atoms with Gasteiger partial charge in [0.2, 0.25) is 10.0 Å². The summed E-state index contributed by atoms with van der Waals surface area (Å²) in [5.74, 6) is -0.203. The molecule has 2 heterocycles. The van der Waals surface area contributed by atoms with Crippen molar-refractivity contribution in [2.45, 2.75) is 38.4 Å². The van der Waals surface area contributed by atoms with E-state index in [2.05, 4.69) is 14.4 Å². The van der Waals surface area contributed by atoms with Gasteiger partial charge in [0.1, 0.15) is 12.6 Å². The van der Waals surface area contributed by atoms with Crippen LogP contribution in [-0.4, -0.2) is 51.9 Å². The summed E-state index contributed by atoms with van der Waals surface area (Å²) in [5, 5.41) is 0.562. The minimum Gasteiger partial charge on any atom is -0.489 e. The lowest BCUT2D eigenvalue weighted by Crippen LogP contribution is -2.30. The molecule has 9 nitrogen and oxygen atoms in total. The van der Waals surface area contributed by atoms with Gasteiger partial charge in [-0.3, -0.25) is 14.5 Å². The molecule has 1 atom stereocenters. The standard InChI is InChI=1S/C29H29Cl2F2N3O6S/c1-43(38,39)35-20-5-6-24-18(10-20)8-9-36(24)15-28(37)41-26(12-21-22(30)13-34-14-23(21)31)19-4-7-25(42-29(32)33)27(11-19)40-16-17-2-3-17/h4-7,10-11,13-14,17,26,29,35H,2-3,8-9,12,15-16H2,1H3/t26-/m0/s1. The van der Waals surface area contributed by atoms with Gasteiger partial charge in [0.05, 0.1) is 22.9 Å². The van der Waals surface area contributed by atoms with Crippen LogP contribution in [0.3, 0.4) is 0 Å². The van der Waals surface area contributed by atoms with E-state index in [0.29, 0.717) is 42.3 Å². The number of anilines is 2. The summed E-state index contributed by atoms with van der Waals surface area (Å²) in [6, 6.07) is 9.55. The summed E-state index contributed by atoms with van der Waals surface area (Å²) in [6.07, 6.45) is 5.72. The fourth-order valence-electron chi connectivity index (χ4n) is 4.83. The molecule has 1 aromatic heterocycles. The zero-order chi connectivity index (χ0) is 30.7. The molecule has 1 aliphatic heterocycles. The van der Waals surface area contributed by atoms with Crippen LogP contribution in [0.1, 0.15) is 35.6 Å². The number of alkyl halides is 2. The Balaban J connectivity index is 1.38. The van der Waals surface area contributed by atoms with E-state index >= 15 is 0 Å². The van der Waals surface area contributed by atoms with E-state index in [0.717, 1.165) is 30.3 Å². The second-order valence-electron chi connectivity index (χ2n) is 10.5. The van der Waals surface area contributed by atoms with Gasteiger partial charge in [-0.05, 0) is 72.2 Å². The predicted octanol–water partition coefficient (Wildman–Crippen LogP) is 6.04. The van der Waals surface area contributed by atoms with E-state index in [-0.39, 0.29) is 34.5 Å². The molecule has 0 amide bonds. The number of hydrogen-bond donors (Lipinski definition) is 1. The molecule has 0 bridgehead atoms. The van der Waals surface area contributed by atoms with Gasteiger partial charge in [-0.1, -0.05) is 29.3 Å². The number of benzene rings is 2. The van der Waals surface area contributed by atoms with Crippen molar-refractivity contribution in [3.8, 4) is 11.5 Å². The van der Waals surface area contributed by atoms with E-state index in [4.69, 9.17) is 32.7 Å². The lowest BCUT2D eigenvalue weighted by molar-refractivity contribution is -0.147. The van der Waals surface area contributed by atoms with Gasteiger partial charge < -0.3 is 19.1 Å². The van der Waals surface area contributed by atoms with Gasteiger partial charge in [-0.15, -0.1) is 0 Å². The normalized spacial score (nSPS) is 15.3. The number of hydrogen-bond acceptors (Lipinski definition) is 8. The van der Waals surface area contributed by atoms with Crippen LogP contribution in [0.5, 0.6) is 11.5 Å². The molecule has 1 N–H and O–H groups in total. The fourth-order valence-corrected chi connectivity index (χ4v) is 5.91. The highest BCUT2D eigenvalue weighted by atomic mass is 35.5. The third-order valence-electron chi connectivity index (χ3n) is 7.04. The SMILES string of the molecule is CS(=O)(=O)Nc1ccc2c(c1)CCN2CC(=O)O[C@@H](Cc1c(Cl)cncc1Cl)c1ccc(OC(F)F)c(OCC2CC2)c1. The molecule has 0 radical (unpaired) electrons. The van der Waals surface area contributed by atoms with E-state index in [1.54, 1.807) is 18.2 Å². The predicted molar refractivity (Wildman–Crippen MR) is 159 cm³/mol. The Morgan fingerprint density at radius 2 is 1.86 bits per heavy atom. The molecule has 43 heavy (non-hydrogen) atoms. The number of sulfonamides is 1. The van der Waals surface area contributed by atoms with Crippen LogP contribution in [0, 0.1) is 5.92 Å². The van der Waals surface area contributed by atoms with Crippen molar-refractivity contribution in [1.29, 1.82) is 0 Å². The largest absolute Gasteiger partial charge is 0.489 e. The maximum atomic E-state index is 13.3. The zero-order valence-corrected chi connectivity index (χ0v) is 25.4. The number of fused-ring (bicyclic) bond motifs is 1. The molecule has 2 aliphatic rings. The number of halogens is 4. The van der Waals surface area contributed by atoms with Crippen molar-refractivity contribution in [2.75, 3.05) is 35.6 Å². The number of aromatic nitrogens is 1. The first-order valence-electron chi connectivity index (χ1n) is 13.5. The van der Waals surface area contributed by atoms with Crippen LogP contribution < -0.4 is 19.1 Å². The highest BCUT2D eigenvalue weighted by molar-refractivity contribution is 7.92. The first-order chi connectivity index (χ1) is 20.4. The third-order valence-corrected chi connectivity index (χ3v) is 8.30. The first kappa shape index (κ1) is 31.1. The summed E-state index contributed by atoms with van der Waals surface area (Å²) in [6.45, 7) is -2.25. The Kier molecular flexibility index (Phi) is 9.48. The van der Waals surface area contributed by atoms with Gasteiger partial charge in [0.15, 0.2) is 11.5 Å². The Bertz CT molecular complexity index is 1590. The number of ether oxygens (including phenoxy) is 3. The summed E-state index contributed by atoms with van der Waals surface area (Å²) in [7, 11) is -3.43. The molecule has 1 fully saturated rings. The molecule has 5 rings (SSSR count). The molecule has 2 aromatic carbocycles. The number of rotatable bonds is 13. The van der Waals surface area contributed by atoms with Crippen LogP contribution in [-0.2, 0) is 32.4 Å². The number of carbonyl (C=O) groups is 1. The number of nitrogens with zero attached hydrogens (tertiary/aromatic N) is 2. The van der Waals surface area contributed by atoms with E-state index in [1.807, 2.05) is 4.90 Å². The second kappa shape index (κ2) is 13.1. The molecule has 1 saturated carbocycles. The number of esters is 1. The molecule has 0 unspecified atom stereocenters. The third kappa shape index (κ3) is 8.39. The highest BCUT2D eigenvalue weighted by Crippen LogP contribution is 2.38. The second-order valence-corrected chi connectivity index (χ2v) is 13.1. The molecule has 1 aliphatic carbocycles. The Morgan fingerprint density at radius 1 is 1.12 bits per heavy atom. The van der Waals surface area contributed by atoms with Crippen LogP contribution in [0.15, 0.2) is 48.8 Å². The Hall–Kier alpha value is -3.35. The quantitative estimate of drug-likeness (QED) is 0.222. The maximum Gasteiger partial charge on any atom is 0.387 e. The van der Waals surface area contributed by atoms with Gasteiger partial charge in [-0.2, -0.15) is 8.78 Å². The van der Waals surface area contributed by atoms with Gasteiger partial charge in [-0.25, -0.2) is 8.42 Å². The first-order valence-corrected chi connectivity index (χ1v) is 16.1. The number of pyridine rings is 1. The maximum absolute atomic E-state index is 13.3. The van der Waals surface area contributed by atoms with Crippen LogP contribution in [0.4, 0.5) is 20.2 Å². The summed E-state index contributed by atoms with van der Waals surface area (Å²) in [5.41, 5.74) is 3.10. The minimum atomic E-state index is -3.43. The summed E-state index contributed by atoms with van der Waals surface area (Å²) >= 11 is 12.8. The van der Waals surface area contributed by atoms with E-state index in [1.165, 1.54) is 30.6 Å². The van der Waals surface area contributed by atoms with Crippen LogP contribution in [0.2, 0.25) is 10.0 Å². The Morgan fingerprint density at radius 3 is 2.53 bits per heavy atom. The van der Waals surface area contributed by atoms with E-state index in [9.17, 15) is 22.0 Å².